The number of halogens is 3. The number of nitrogens with one attached hydrogen (secondary N) is 1. The Morgan fingerprint density at radius 3 is 2.28 bits per heavy atom. The van der Waals surface area contributed by atoms with Crippen LogP contribution in [0.15, 0.2) is 91.1 Å². The Bertz CT molecular complexity index is 2250. The van der Waals surface area contributed by atoms with Crippen molar-refractivity contribution in [3.63, 3.8) is 0 Å². The molecule has 0 aliphatic heterocycles. The van der Waals surface area contributed by atoms with E-state index in [1.165, 1.54) is 25.4 Å². The van der Waals surface area contributed by atoms with E-state index in [1.807, 2.05) is 44.2 Å². The minimum atomic E-state index is -4.81. The van der Waals surface area contributed by atoms with Crippen molar-refractivity contribution in [3.05, 3.63) is 113 Å². The van der Waals surface area contributed by atoms with Gasteiger partial charge < -0.3 is 24.4 Å². The average molecular weight is 723 g/mol. The van der Waals surface area contributed by atoms with Gasteiger partial charge in [0.1, 0.15) is 11.5 Å². The Morgan fingerprint density at radius 1 is 0.811 bits per heavy atom. The molecule has 0 aliphatic carbocycles. The lowest BCUT2D eigenvalue weighted by Crippen LogP contribution is -2.25. The molecule has 8 nitrogen and oxygen atoms in total. The molecule has 0 saturated heterocycles. The van der Waals surface area contributed by atoms with Gasteiger partial charge in [0, 0.05) is 35.1 Å². The molecule has 2 heterocycles. The van der Waals surface area contributed by atoms with Crippen LogP contribution >= 0.6 is 0 Å². The highest BCUT2D eigenvalue weighted by Crippen LogP contribution is 2.41. The Morgan fingerprint density at radius 2 is 1.57 bits per heavy atom. The van der Waals surface area contributed by atoms with Crippen molar-refractivity contribution in [2.24, 2.45) is 0 Å². The van der Waals surface area contributed by atoms with Crippen molar-refractivity contribution in [1.29, 1.82) is 0 Å². The summed E-state index contributed by atoms with van der Waals surface area (Å²) in [7, 11) is 1.52. The van der Waals surface area contributed by atoms with E-state index < -0.39 is 23.3 Å². The fourth-order valence-electron chi connectivity index (χ4n) is 6.15. The first-order valence-electron chi connectivity index (χ1n) is 17.5. The highest BCUT2D eigenvalue weighted by Gasteiger charge is 2.35. The van der Waals surface area contributed by atoms with E-state index in [-0.39, 0.29) is 17.1 Å². The van der Waals surface area contributed by atoms with Crippen LogP contribution in [0.4, 0.5) is 18.9 Å². The van der Waals surface area contributed by atoms with Crippen LogP contribution < -0.4 is 19.5 Å². The van der Waals surface area contributed by atoms with Crippen molar-refractivity contribution < 1.29 is 32.2 Å². The molecule has 0 fully saturated rings. The molecule has 6 aromatic rings. The zero-order valence-electron chi connectivity index (χ0n) is 30.3. The first-order chi connectivity index (χ1) is 25.5. The van der Waals surface area contributed by atoms with Crippen LogP contribution in [0, 0.1) is 13.8 Å². The van der Waals surface area contributed by atoms with Crippen molar-refractivity contribution in [3.8, 4) is 34.3 Å². The Kier molecular flexibility index (Phi) is 11.1. The second kappa shape index (κ2) is 15.9. The fraction of sp³-hybridized carbons (Fsp3) is 0.262. The number of benzene rings is 4. The van der Waals surface area contributed by atoms with E-state index in [4.69, 9.17) is 19.2 Å². The lowest BCUT2D eigenvalue weighted by molar-refractivity contribution is -0.137. The molecule has 1 N–H and O–H groups in total. The molecule has 53 heavy (non-hydrogen) atoms. The maximum atomic E-state index is 14.6. The van der Waals surface area contributed by atoms with Gasteiger partial charge in [-0.3, -0.25) is 9.78 Å². The van der Waals surface area contributed by atoms with Gasteiger partial charge in [-0.25, -0.2) is 4.98 Å². The smallest absolute Gasteiger partial charge is 0.418 e. The number of nitrogens with zero attached hydrogens (tertiary/aromatic N) is 3. The number of anilines is 1. The highest BCUT2D eigenvalue weighted by molar-refractivity contribution is 6.13. The third kappa shape index (κ3) is 8.52. The van der Waals surface area contributed by atoms with Gasteiger partial charge in [0.05, 0.1) is 47.3 Å². The van der Waals surface area contributed by atoms with Gasteiger partial charge in [-0.05, 0) is 81.9 Å². The normalized spacial score (nSPS) is 11.6. The third-order valence-corrected chi connectivity index (χ3v) is 9.09. The largest absolute Gasteiger partial charge is 0.493 e. The predicted molar refractivity (Wildman–Crippen MR) is 202 cm³/mol. The van der Waals surface area contributed by atoms with E-state index in [0.29, 0.717) is 45.6 Å². The van der Waals surface area contributed by atoms with Gasteiger partial charge in [-0.1, -0.05) is 55.3 Å². The molecule has 6 rings (SSSR count). The average Bonchev–Trinajstić information content (AvgIpc) is 3.14. The van der Waals surface area contributed by atoms with Crippen LogP contribution in [0.25, 0.3) is 33.1 Å². The van der Waals surface area contributed by atoms with Crippen molar-refractivity contribution in [1.82, 2.24) is 14.9 Å². The van der Waals surface area contributed by atoms with Crippen LogP contribution in [0.1, 0.15) is 47.3 Å². The number of aryl methyl sites for hydroxylation is 2. The van der Waals surface area contributed by atoms with Gasteiger partial charge in [0.15, 0.2) is 11.5 Å². The van der Waals surface area contributed by atoms with Crippen LogP contribution in [-0.4, -0.2) is 54.1 Å². The molecular formula is C42H41F3N4O4. The summed E-state index contributed by atoms with van der Waals surface area (Å²) in [6, 6.07) is 23.2. The zero-order valence-corrected chi connectivity index (χ0v) is 30.3. The minimum absolute atomic E-state index is 0.0786. The molecule has 4 aromatic carbocycles. The topological polar surface area (TPSA) is 85.8 Å². The Labute approximate surface area is 306 Å². The molecule has 0 spiro atoms. The lowest BCUT2D eigenvalue weighted by atomic mass is 10.0. The summed E-state index contributed by atoms with van der Waals surface area (Å²) in [6.07, 6.45) is -2.48. The van der Waals surface area contributed by atoms with Gasteiger partial charge in [0.2, 0.25) is 0 Å². The number of hydrogen-bond donors (Lipinski definition) is 1. The van der Waals surface area contributed by atoms with E-state index in [2.05, 4.69) is 29.0 Å². The molecular weight excluding hydrogens is 681 g/mol. The summed E-state index contributed by atoms with van der Waals surface area (Å²) >= 11 is 0. The van der Waals surface area contributed by atoms with Crippen molar-refractivity contribution in [2.75, 3.05) is 38.7 Å². The molecule has 0 unspecified atom stereocenters. The summed E-state index contributed by atoms with van der Waals surface area (Å²) in [4.78, 5) is 25.3. The number of pyridine rings is 2. The summed E-state index contributed by atoms with van der Waals surface area (Å²) in [5, 5.41) is 3.57. The maximum absolute atomic E-state index is 14.6. The SMILES string of the molecule is CCN(CC)CCCOc1cc2nccc(Oc3ccc(NC(=O)c4cc(-c5ccc(C)cc5)nc5ccc(C)cc45)c(C(F)(F)F)c3)c2cc1OC. The fourth-order valence-corrected chi connectivity index (χ4v) is 6.15. The number of methoxy groups -OCH3 is 1. The quantitative estimate of drug-likeness (QED) is 0.119. The van der Waals surface area contributed by atoms with Crippen LogP contribution in [0.3, 0.4) is 0 Å². The minimum Gasteiger partial charge on any atom is -0.493 e. The van der Waals surface area contributed by atoms with Crippen LogP contribution in [-0.2, 0) is 6.18 Å². The third-order valence-electron chi connectivity index (χ3n) is 9.09. The van der Waals surface area contributed by atoms with Gasteiger partial charge in [-0.15, -0.1) is 0 Å². The highest BCUT2D eigenvalue weighted by atomic mass is 19.4. The molecule has 11 heteroatoms. The van der Waals surface area contributed by atoms with E-state index >= 15 is 0 Å². The summed E-state index contributed by atoms with van der Waals surface area (Å²) in [6.45, 7) is 11.4. The molecule has 0 radical (unpaired) electrons. The Balaban J connectivity index is 1.28. The summed E-state index contributed by atoms with van der Waals surface area (Å²) < 4.78 is 61.4. The standard InChI is InChI=1S/C42H41F3N4O4/c1-6-49(7-2)19-8-20-52-40-25-37-32(24-39(40)51-5)38(17-18-46-37)53-29-14-16-35(33(22-29)42(43,44)45)48-41(50)31-23-36(28-12-9-26(3)10-13-28)47-34-15-11-27(4)21-30(31)34/h9-18,21-25H,6-8,19-20H2,1-5H3,(H,48,50). The van der Waals surface area contributed by atoms with Gasteiger partial charge in [-0.2, -0.15) is 13.2 Å². The second-order valence-electron chi connectivity index (χ2n) is 12.8. The van der Waals surface area contributed by atoms with Gasteiger partial charge >= 0.3 is 6.18 Å². The molecule has 0 atom stereocenters. The Hall–Kier alpha value is -5.68. The second-order valence-corrected chi connectivity index (χ2v) is 12.8. The molecule has 2 aromatic heterocycles. The van der Waals surface area contributed by atoms with E-state index in [1.54, 1.807) is 36.4 Å². The predicted octanol–water partition coefficient (Wildman–Crippen LogP) is 10.2. The number of rotatable bonds is 13. The number of amides is 1. The number of carbonyl (C=O) groups excluding carboxylic acids is 1. The zero-order chi connectivity index (χ0) is 37.7. The number of ether oxygens (including phenoxy) is 3. The molecule has 1 amide bonds. The van der Waals surface area contributed by atoms with Gasteiger partial charge in [0.25, 0.3) is 5.91 Å². The van der Waals surface area contributed by atoms with Crippen molar-refractivity contribution >= 4 is 33.4 Å². The first-order valence-corrected chi connectivity index (χ1v) is 17.5. The number of aromatic nitrogens is 2. The molecule has 274 valence electrons. The number of carbonyl (C=O) groups is 1. The molecule has 0 bridgehead atoms. The number of alkyl halides is 3. The first kappa shape index (κ1) is 37.1. The van der Waals surface area contributed by atoms with Crippen LogP contribution in [0.2, 0.25) is 0 Å². The monoisotopic (exact) mass is 722 g/mol. The van der Waals surface area contributed by atoms with Crippen molar-refractivity contribution in [2.45, 2.75) is 40.3 Å². The van der Waals surface area contributed by atoms with Crippen LogP contribution in [0.5, 0.6) is 23.0 Å². The molecule has 0 saturated carbocycles. The maximum Gasteiger partial charge on any atom is 0.418 e. The van der Waals surface area contributed by atoms with E-state index in [0.717, 1.165) is 48.8 Å². The number of fused-ring (bicyclic) bond motifs is 2. The summed E-state index contributed by atoms with van der Waals surface area (Å²) in [5.74, 6) is 0.441. The number of hydrogen-bond acceptors (Lipinski definition) is 7. The van der Waals surface area contributed by atoms with E-state index in [9.17, 15) is 18.0 Å². The molecule has 0 aliphatic rings. The lowest BCUT2D eigenvalue weighted by Gasteiger charge is -2.18. The summed E-state index contributed by atoms with van der Waals surface area (Å²) in [5.41, 5.74) is 3.05.